The van der Waals surface area contributed by atoms with Gasteiger partial charge in [-0.3, -0.25) is 20.2 Å². The molecule has 0 saturated heterocycles. The molecule has 0 heterocycles. The van der Waals surface area contributed by atoms with Crippen molar-refractivity contribution in [2.45, 2.75) is 26.2 Å². The van der Waals surface area contributed by atoms with Crippen LogP contribution >= 0.6 is 0 Å². The summed E-state index contributed by atoms with van der Waals surface area (Å²) >= 11 is 0. The summed E-state index contributed by atoms with van der Waals surface area (Å²) in [4.78, 5) is 35.7. The van der Waals surface area contributed by atoms with E-state index < -0.39 is 22.3 Å². The summed E-state index contributed by atoms with van der Waals surface area (Å²) < 4.78 is 0. The van der Waals surface area contributed by atoms with E-state index >= 15 is 0 Å². The molecule has 7 nitrogen and oxygen atoms in total. The molecule has 0 fully saturated rings. The van der Waals surface area contributed by atoms with Crippen molar-refractivity contribution in [3.8, 4) is 0 Å². The van der Waals surface area contributed by atoms with Crippen molar-refractivity contribution in [3.05, 3.63) is 81.9 Å². The molecule has 0 aliphatic rings. The lowest BCUT2D eigenvalue weighted by molar-refractivity contribution is -0.386. The Morgan fingerprint density at radius 3 is 2.34 bits per heavy atom. The molecule has 0 atom stereocenters. The SMILES string of the molecule is CC(C)(C)c1ccc(C(=O)NC(=O)Nc2cccc3ccccc23)cc1[N+](=O)[O-]. The third-order valence-electron chi connectivity index (χ3n) is 4.53. The Balaban J connectivity index is 1.80. The number of nitro groups is 1. The minimum absolute atomic E-state index is 0.0396. The van der Waals surface area contributed by atoms with Crippen LogP contribution in [0.5, 0.6) is 0 Å². The van der Waals surface area contributed by atoms with Gasteiger partial charge in [-0.25, -0.2) is 4.79 Å². The molecular weight excluding hydrogens is 370 g/mol. The molecule has 29 heavy (non-hydrogen) atoms. The molecule has 0 aliphatic carbocycles. The highest BCUT2D eigenvalue weighted by Crippen LogP contribution is 2.31. The number of hydrogen-bond acceptors (Lipinski definition) is 4. The smallest absolute Gasteiger partial charge is 0.307 e. The van der Waals surface area contributed by atoms with Gasteiger partial charge in [0.15, 0.2) is 0 Å². The highest BCUT2D eigenvalue weighted by atomic mass is 16.6. The van der Waals surface area contributed by atoms with Gasteiger partial charge >= 0.3 is 6.03 Å². The van der Waals surface area contributed by atoms with Crippen molar-refractivity contribution in [2.24, 2.45) is 0 Å². The highest BCUT2D eigenvalue weighted by Gasteiger charge is 2.26. The molecular formula is C22H21N3O4. The Hall–Kier alpha value is -3.74. The van der Waals surface area contributed by atoms with Gasteiger partial charge in [0.05, 0.1) is 10.6 Å². The van der Waals surface area contributed by atoms with E-state index in [1.165, 1.54) is 12.1 Å². The van der Waals surface area contributed by atoms with Gasteiger partial charge < -0.3 is 5.32 Å². The largest absolute Gasteiger partial charge is 0.326 e. The van der Waals surface area contributed by atoms with Crippen molar-refractivity contribution >= 4 is 34.1 Å². The number of hydrogen-bond donors (Lipinski definition) is 2. The number of nitro benzene ring substituents is 1. The van der Waals surface area contributed by atoms with Gasteiger partial charge in [-0.2, -0.15) is 0 Å². The van der Waals surface area contributed by atoms with Gasteiger partial charge in [-0.1, -0.05) is 63.2 Å². The van der Waals surface area contributed by atoms with E-state index in [2.05, 4.69) is 10.6 Å². The van der Waals surface area contributed by atoms with Crippen molar-refractivity contribution in [1.29, 1.82) is 0 Å². The maximum atomic E-state index is 12.5. The number of benzene rings is 3. The topological polar surface area (TPSA) is 101 Å². The van der Waals surface area contributed by atoms with E-state index in [0.29, 0.717) is 11.3 Å². The molecule has 2 N–H and O–H groups in total. The number of carbonyl (C=O) groups is 2. The Morgan fingerprint density at radius 2 is 1.66 bits per heavy atom. The average molecular weight is 391 g/mol. The molecule has 0 spiro atoms. The summed E-state index contributed by atoms with van der Waals surface area (Å²) in [7, 11) is 0. The minimum Gasteiger partial charge on any atom is -0.307 e. The number of carbonyl (C=O) groups excluding carboxylic acids is 2. The number of anilines is 1. The predicted octanol–water partition coefficient (Wildman–Crippen LogP) is 5.01. The molecule has 3 amide bonds. The number of nitrogens with one attached hydrogen (secondary N) is 2. The second kappa shape index (κ2) is 7.71. The molecule has 3 aromatic carbocycles. The lowest BCUT2D eigenvalue weighted by atomic mass is 9.85. The molecule has 0 aromatic heterocycles. The van der Waals surface area contributed by atoms with E-state index in [1.807, 2.05) is 51.1 Å². The molecule has 3 aromatic rings. The summed E-state index contributed by atoms with van der Waals surface area (Å²) in [6.45, 7) is 5.56. The Morgan fingerprint density at radius 1 is 0.966 bits per heavy atom. The van der Waals surface area contributed by atoms with E-state index in [0.717, 1.165) is 10.8 Å². The van der Waals surface area contributed by atoms with Gasteiger partial charge in [0.1, 0.15) is 0 Å². The van der Waals surface area contributed by atoms with Crippen LogP contribution < -0.4 is 10.6 Å². The van der Waals surface area contributed by atoms with E-state index in [4.69, 9.17) is 0 Å². The Labute approximate surface area is 167 Å². The summed E-state index contributed by atoms with van der Waals surface area (Å²) in [6.07, 6.45) is 0. The fraction of sp³-hybridized carbons (Fsp3) is 0.182. The molecule has 3 rings (SSSR count). The maximum Gasteiger partial charge on any atom is 0.326 e. The number of imide groups is 1. The summed E-state index contributed by atoms with van der Waals surface area (Å²) in [5, 5.41) is 18.1. The van der Waals surface area contributed by atoms with Gasteiger partial charge in [0.25, 0.3) is 11.6 Å². The van der Waals surface area contributed by atoms with Crippen LogP contribution in [0.3, 0.4) is 0 Å². The number of fused-ring (bicyclic) bond motifs is 1. The van der Waals surface area contributed by atoms with E-state index in [-0.39, 0.29) is 11.3 Å². The zero-order valence-electron chi connectivity index (χ0n) is 16.4. The maximum absolute atomic E-state index is 12.5. The average Bonchev–Trinajstić information content (AvgIpc) is 2.67. The van der Waals surface area contributed by atoms with Crippen LogP contribution in [0, 0.1) is 10.1 Å². The van der Waals surface area contributed by atoms with Crippen LogP contribution in [-0.4, -0.2) is 16.9 Å². The standard InChI is InChI=1S/C22H21N3O4/c1-22(2,3)17-12-11-15(13-19(17)25(28)29)20(26)24-21(27)23-18-10-6-8-14-7-4-5-9-16(14)18/h4-13H,1-3H3,(H2,23,24,26,27). The third kappa shape index (κ3) is 4.40. The number of urea groups is 1. The van der Waals surface area contributed by atoms with Crippen molar-refractivity contribution in [1.82, 2.24) is 5.32 Å². The van der Waals surface area contributed by atoms with Crippen LogP contribution in [0.2, 0.25) is 0 Å². The second-order valence-electron chi connectivity index (χ2n) is 7.67. The number of nitrogens with zero attached hydrogens (tertiary/aromatic N) is 1. The van der Waals surface area contributed by atoms with Gasteiger partial charge in [-0.15, -0.1) is 0 Å². The molecule has 148 valence electrons. The first kappa shape index (κ1) is 20.0. The van der Waals surface area contributed by atoms with Gasteiger partial charge in [0, 0.05) is 22.6 Å². The molecule has 7 heteroatoms. The van der Waals surface area contributed by atoms with E-state index in [9.17, 15) is 19.7 Å². The van der Waals surface area contributed by atoms with Crippen LogP contribution in [0.15, 0.2) is 60.7 Å². The van der Waals surface area contributed by atoms with E-state index in [1.54, 1.807) is 18.2 Å². The summed E-state index contributed by atoms with van der Waals surface area (Å²) in [5.74, 6) is -0.716. The quantitative estimate of drug-likeness (QED) is 0.484. The van der Waals surface area contributed by atoms with Crippen LogP contribution in [0.25, 0.3) is 10.8 Å². The molecule has 0 aliphatic heterocycles. The highest BCUT2D eigenvalue weighted by molar-refractivity contribution is 6.10. The molecule has 0 radical (unpaired) electrons. The fourth-order valence-corrected chi connectivity index (χ4v) is 3.12. The Kier molecular flexibility index (Phi) is 5.32. The monoisotopic (exact) mass is 391 g/mol. The fourth-order valence-electron chi connectivity index (χ4n) is 3.12. The predicted molar refractivity (Wildman–Crippen MR) is 112 cm³/mol. The zero-order chi connectivity index (χ0) is 21.2. The van der Waals surface area contributed by atoms with Crippen molar-refractivity contribution in [3.63, 3.8) is 0 Å². The van der Waals surface area contributed by atoms with Crippen molar-refractivity contribution < 1.29 is 14.5 Å². The first-order chi connectivity index (χ1) is 13.7. The zero-order valence-corrected chi connectivity index (χ0v) is 16.4. The summed E-state index contributed by atoms with van der Waals surface area (Å²) in [5.41, 5.74) is 0.502. The normalized spacial score (nSPS) is 11.1. The molecule has 0 bridgehead atoms. The lowest BCUT2D eigenvalue weighted by Crippen LogP contribution is -2.34. The molecule has 0 saturated carbocycles. The molecule has 0 unspecified atom stereocenters. The second-order valence-corrected chi connectivity index (χ2v) is 7.67. The van der Waals surface area contributed by atoms with Gasteiger partial charge in [-0.05, 0) is 22.9 Å². The Bertz CT molecular complexity index is 1110. The number of amides is 3. The van der Waals surface area contributed by atoms with Crippen LogP contribution in [-0.2, 0) is 5.41 Å². The first-order valence-corrected chi connectivity index (χ1v) is 9.06. The third-order valence-corrected chi connectivity index (χ3v) is 4.53. The minimum atomic E-state index is -0.716. The van der Waals surface area contributed by atoms with Gasteiger partial charge in [0.2, 0.25) is 0 Å². The van der Waals surface area contributed by atoms with Crippen LogP contribution in [0.1, 0.15) is 36.7 Å². The lowest BCUT2D eigenvalue weighted by Gasteiger charge is -2.19. The first-order valence-electron chi connectivity index (χ1n) is 9.06. The number of rotatable bonds is 3. The van der Waals surface area contributed by atoms with Crippen LogP contribution in [0.4, 0.5) is 16.2 Å². The van der Waals surface area contributed by atoms with Crippen molar-refractivity contribution in [2.75, 3.05) is 5.32 Å². The summed E-state index contributed by atoms with van der Waals surface area (Å²) in [6, 6.07) is 16.5.